The number of hydrogen-bond donors (Lipinski definition) is 2. The average molecular weight is 517 g/mol. The van der Waals surface area contributed by atoms with Gasteiger partial charge in [-0.25, -0.2) is 0 Å². The molecule has 0 rings (SSSR count). The van der Waals surface area contributed by atoms with Crippen LogP contribution in [0.5, 0.6) is 0 Å². The molecular formula is C24H56CrO4Si2. The fourth-order valence-corrected chi connectivity index (χ4v) is 10.0. The van der Waals surface area contributed by atoms with Crippen LogP contribution < -0.4 is 0 Å². The van der Waals surface area contributed by atoms with Gasteiger partial charge in [-0.1, -0.05) is 144 Å². The Balaban J connectivity index is -0.000000416. The van der Waals surface area contributed by atoms with Gasteiger partial charge >= 0.3 is 29.5 Å². The van der Waals surface area contributed by atoms with Crippen molar-refractivity contribution in [3.05, 3.63) is 0 Å². The molecule has 0 aliphatic rings. The summed E-state index contributed by atoms with van der Waals surface area (Å²) in [6, 6.07) is 5.91. The van der Waals surface area contributed by atoms with E-state index in [1.54, 1.807) is 0 Å². The van der Waals surface area contributed by atoms with E-state index in [1.165, 1.54) is 88.4 Å². The van der Waals surface area contributed by atoms with Crippen molar-refractivity contribution in [3.8, 4) is 0 Å². The van der Waals surface area contributed by atoms with Crippen molar-refractivity contribution in [1.82, 2.24) is 0 Å². The third-order valence-corrected chi connectivity index (χ3v) is 13.6. The first-order chi connectivity index (χ1) is 14.6. The van der Waals surface area contributed by atoms with Gasteiger partial charge in [0.25, 0.3) is 0 Å². The molecular weight excluding hydrogens is 460 g/mol. The van der Waals surface area contributed by atoms with Crippen molar-refractivity contribution in [2.75, 3.05) is 0 Å². The maximum absolute atomic E-state index is 8.82. The summed E-state index contributed by atoms with van der Waals surface area (Å²) in [6.45, 7) is 18.9. The first-order valence-corrected chi connectivity index (χ1v) is 19.1. The molecule has 0 aromatic carbocycles. The van der Waals surface area contributed by atoms with Gasteiger partial charge in [-0.15, -0.1) is 0 Å². The SMILES string of the molecule is CCCCCC(CC)[Si](CC)CC.CCCCCC(CC)[Si](CC)CC.[O]=[Cr](=[O])([OH])[OH]. The molecule has 0 bridgehead atoms. The van der Waals surface area contributed by atoms with Gasteiger partial charge in [-0.2, -0.15) is 0 Å². The molecule has 0 fully saturated rings. The Bertz CT molecular complexity index is 405. The summed E-state index contributed by atoms with van der Waals surface area (Å²) >= 11 is -5.25. The molecule has 31 heavy (non-hydrogen) atoms. The molecule has 0 spiro atoms. The molecule has 0 aliphatic carbocycles. The standard InChI is InChI=1S/2C12H27Si.Cr.2H2O.2O/c2*1-5-9-10-11-12(6-2)13(7-3)8-4;;;;;/h2*12H,5-11H2,1-4H3;;2*1H2;;/q;;+2;;;;/p-2. The van der Waals surface area contributed by atoms with Crippen LogP contribution in [0.4, 0.5) is 0 Å². The fraction of sp³-hybridized carbons (Fsp3) is 1.00. The Labute approximate surface area is 201 Å². The summed E-state index contributed by atoms with van der Waals surface area (Å²) in [7, 11) is 0.0139. The third kappa shape index (κ3) is 26.6. The van der Waals surface area contributed by atoms with Crippen LogP contribution in [0.15, 0.2) is 0 Å². The molecule has 190 valence electrons. The van der Waals surface area contributed by atoms with E-state index in [0.29, 0.717) is 0 Å². The molecule has 7 heteroatoms. The van der Waals surface area contributed by atoms with Gasteiger partial charge in [0.2, 0.25) is 0 Å². The van der Waals surface area contributed by atoms with Crippen molar-refractivity contribution in [2.45, 2.75) is 155 Å². The summed E-state index contributed by atoms with van der Waals surface area (Å²) in [5, 5.41) is 0. The van der Waals surface area contributed by atoms with Crippen LogP contribution in [0.1, 0.15) is 120 Å². The van der Waals surface area contributed by atoms with E-state index < -0.39 is 13.6 Å². The molecule has 2 atom stereocenters. The second kappa shape index (κ2) is 25.1. The van der Waals surface area contributed by atoms with Gasteiger partial charge in [0, 0.05) is 0 Å². The third-order valence-electron chi connectivity index (χ3n) is 6.27. The van der Waals surface area contributed by atoms with Crippen LogP contribution in [0.3, 0.4) is 0 Å². The predicted molar refractivity (Wildman–Crippen MR) is 136 cm³/mol. The molecule has 0 aromatic rings. The van der Waals surface area contributed by atoms with Crippen LogP contribution in [-0.2, 0) is 21.2 Å². The Hall–Kier alpha value is 0.486. The molecule has 0 saturated carbocycles. The molecule has 0 saturated heterocycles. The summed E-state index contributed by atoms with van der Waals surface area (Å²) in [6.07, 6.45) is 14.5. The van der Waals surface area contributed by atoms with Crippen molar-refractivity contribution >= 4 is 17.6 Å². The Morgan fingerprint density at radius 2 is 0.839 bits per heavy atom. The van der Waals surface area contributed by atoms with Crippen molar-refractivity contribution in [2.24, 2.45) is 0 Å². The van der Waals surface area contributed by atoms with Gasteiger partial charge in [-0.05, 0) is 11.1 Å². The summed E-state index contributed by atoms with van der Waals surface area (Å²) in [5.74, 6) is 0. The van der Waals surface area contributed by atoms with Crippen molar-refractivity contribution in [3.63, 3.8) is 0 Å². The van der Waals surface area contributed by atoms with E-state index in [0.717, 1.165) is 11.1 Å². The van der Waals surface area contributed by atoms with Crippen LogP contribution >= 0.6 is 0 Å². The quantitative estimate of drug-likeness (QED) is 0.159. The van der Waals surface area contributed by atoms with E-state index >= 15 is 0 Å². The maximum atomic E-state index is 8.82. The average Bonchev–Trinajstić information content (AvgIpc) is 2.72. The zero-order valence-electron chi connectivity index (χ0n) is 22.2. The van der Waals surface area contributed by atoms with Gasteiger partial charge in [0.15, 0.2) is 0 Å². The topological polar surface area (TPSA) is 74.6 Å². The van der Waals surface area contributed by atoms with Crippen LogP contribution in [0, 0.1) is 0 Å². The first-order valence-electron chi connectivity index (χ1n) is 13.0. The summed E-state index contributed by atoms with van der Waals surface area (Å²) in [5.41, 5.74) is 2.21. The van der Waals surface area contributed by atoms with Crippen molar-refractivity contribution in [1.29, 1.82) is 0 Å². The van der Waals surface area contributed by atoms with Crippen LogP contribution in [-0.4, -0.2) is 25.9 Å². The van der Waals surface area contributed by atoms with E-state index in [9.17, 15) is 0 Å². The molecule has 4 nitrogen and oxygen atoms in total. The zero-order chi connectivity index (χ0) is 24.7. The minimum absolute atomic E-state index is 0.00694. The first kappa shape index (κ1) is 36.1. The van der Waals surface area contributed by atoms with E-state index in [-0.39, 0.29) is 17.6 Å². The normalized spacial score (nSPS) is 13.3. The Morgan fingerprint density at radius 1 is 0.581 bits per heavy atom. The van der Waals surface area contributed by atoms with Gasteiger partial charge in [-0.3, -0.25) is 0 Å². The van der Waals surface area contributed by atoms with E-state index in [1.807, 2.05) is 0 Å². The number of unbranched alkanes of at least 4 members (excludes halogenated alkanes) is 4. The predicted octanol–water partition coefficient (Wildman–Crippen LogP) is 8.41. The Morgan fingerprint density at radius 3 is 1.00 bits per heavy atom. The summed E-state index contributed by atoms with van der Waals surface area (Å²) in [4.78, 5) is 0. The monoisotopic (exact) mass is 516 g/mol. The van der Waals surface area contributed by atoms with Crippen molar-refractivity contribution < 1.29 is 29.5 Å². The van der Waals surface area contributed by atoms with Gasteiger partial charge in [0.05, 0.1) is 17.6 Å². The minimum atomic E-state index is -5.25. The van der Waals surface area contributed by atoms with Crippen LogP contribution in [0.25, 0.3) is 0 Å². The molecule has 0 amide bonds. The zero-order valence-corrected chi connectivity index (χ0v) is 25.4. The molecule has 2 radical (unpaired) electrons. The molecule has 0 aliphatic heterocycles. The van der Waals surface area contributed by atoms with E-state index in [4.69, 9.17) is 15.9 Å². The fourth-order valence-electron chi connectivity index (χ4n) is 4.33. The summed E-state index contributed by atoms with van der Waals surface area (Å²) < 4.78 is 31.9. The number of hydrogen-bond acceptors (Lipinski definition) is 2. The van der Waals surface area contributed by atoms with Gasteiger partial charge < -0.3 is 0 Å². The molecule has 2 N–H and O–H groups in total. The Kier molecular flexibility index (Phi) is 29.2. The molecule has 0 aromatic heterocycles. The number of rotatable bonds is 16. The van der Waals surface area contributed by atoms with E-state index in [2.05, 4.69) is 55.4 Å². The second-order valence-electron chi connectivity index (χ2n) is 8.38. The van der Waals surface area contributed by atoms with Gasteiger partial charge in [0.1, 0.15) is 0 Å². The van der Waals surface area contributed by atoms with Crippen LogP contribution in [0.2, 0.25) is 35.3 Å². The molecule has 2 unspecified atom stereocenters. The second-order valence-corrected chi connectivity index (χ2v) is 16.9. The molecule has 0 heterocycles.